The van der Waals surface area contributed by atoms with E-state index >= 15 is 0 Å². The van der Waals surface area contributed by atoms with Gasteiger partial charge in [0.2, 0.25) is 10.0 Å². The van der Waals surface area contributed by atoms with Crippen molar-refractivity contribution in [1.82, 2.24) is 4.31 Å². The van der Waals surface area contributed by atoms with Gasteiger partial charge >= 0.3 is 5.97 Å². The minimum atomic E-state index is -4.15. The number of sulfonamides is 1. The fraction of sp³-hybridized carbons (Fsp3) is 0.300. The summed E-state index contributed by atoms with van der Waals surface area (Å²) in [7, 11) is -3.06. The molecule has 0 aliphatic rings. The summed E-state index contributed by atoms with van der Waals surface area (Å²) in [5.74, 6) is -2.24. The molecule has 0 saturated carbocycles. The third-order valence-corrected chi connectivity index (χ3v) is 4.93. The summed E-state index contributed by atoms with van der Waals surface area (Å²) < 4.78 is 38.6. The van der Waals surface area contributed by atoms with Crippen LogP contribution >= 0.6 is 15.9 Å². The van der Waals surface area contributed by atoms with Crippen molar-refractivity contribution in [2.75, 3.05) is 13.6 Å². The Labute approximate surface area is 112 Å². The molecule has 1 aromatic rings. The van der Waals surface area contributed by atoms with Gasteiger partial charge in [0.15, 0.2) is 0 Å². The highest BCUT2D eigenvalue weighted by Crippen LogP contribution is 2.25. The maximum absolute atomic E-state index is 13.6. The Morgan fingerprint density at radius 3 is 2.56 bits per heavy atom. The molecule has 0 spiro atoms. The fourth-order valence-electron chi connectivity index (χ4n) is 1.27. The van der Waals surface area contributed by atoms with Crippen molar-refractivity contribution < 1.29 is 22.7 Å². The molecule has 0 fully saturated rings. The van der Waals surface area contributed by atoms with Crippen LogP contribution in [0, 0.1) is 12.7 Å². The zero-order valence-electron chi connectivity index (χ0n) is 9.65. The molecule has 0 heterocycles. The van der Waals surface area contributed by atoms with E-state index < -0.39 is 33.3 Å². The summed E-state index contributed by atoms with van der Waals surface area (Å²) in [4.78, 5) is 9.95. The normalized spacial score (nSPS) is 11.8. The van der Waals surface area contributed by atoms with Gasteiger partial charge in [0, 0.05) is 11.5 Å². The van der Waals surface area contributed by atoms with Gasteiger partial charge in [-0.1, -0.05) is 15.9 Å². The Balaban J connectivity index is 3.29. The lowest BCUT2D eigenvalue weighted by Crippen LogP contribution is -2.32. The molecule has 0 aliphatic carbocycles. The molecule has 1 rings (SSSR count). The average Bonchev–Trinajstić information content (AvgIpc) is 2.22. The van der Waals surface area contributed by atoms with Crippen molar-refractivity contribution in [3.63, 3.8) is 0 Å². The van der Waals surface area contributed by atoms with E-state index in [-0.39, 0.29) is 0 Å². The Hall–Kier alpha value is -0.990. The van der Waals surface area contributed by atoms with E-state index in [9.17, 15) is 17.6 Å². The Bertz CT molecular complexity index is 588. The number of carbonyl (C=O) groups is 1. The number of likely N-dealkylation sites (N-methyl/N-ethyl adjacent to an activating group) is 1. The fourth-order valence-corrected chi connectivity index (χ4v) is 2.83. The van der Waals surface area contributed by atoms with Crippen LogP contribution in [-0.2, 0) is 14.8 Å². The molecule has 0 aliphatic heterocycles. The van der Waals surface area contributed by atoms with Gasteiger partial charge < -0.3 is 5.11 Å². The van der Waals surface area contributed by atoms with Gasteiger partial charge in [-0.2, -0.15) is 4.31 Å². The molecule has 0 aromatic heterocycles. The molecular formula is C10H11BrFNO4S. The second-order valence-electron chi connectivity index (χ2n) is 3.69. The van der Waals surface area contributed by atoms with E-state index in [0.717, 1.165) is 19.2 Å². The third kappa shape index (κ3) is 3.06. The summed E-state index contributed by atoms with van der Waals surface area (Å²) in [6, 6.07) is 2.20. The summed E-state index contributed by atoms with van der Waals surface area (Å²) in [5, 5.41) is 8.55. The van der Waals surface area contributed by atoms with Crippen molar-refractivity contribution in [1.29, 1.82) is 0 Å². The minimum Gasteiger partial charge on any atom is -0.480 e. The predicted molar refractivity (Wildman–Crippen MR) is 66.3 cm³/mol. The number of carboxylic acids is 1. The van der Waals surface area contributed by atoms with Gasteiger partial charge in [-0.3, -0.25) is 4.79 Å². The number of halogens is 2. The summed E-state index contributed by atoms with van der Waals surface area (Å²) >= 11 is 3.08. The van der Waals surface area contributed by atoms with Crippen LogP contribution in [-0.4, -0.2) is 37.4 Å². The minimum absolute atomic E-state index is 0.444. The monoisotopic (exact) mass is 339 g/mol. The smallest absolute Gasteiger partial charge is 0.318 e. The van der Waals surface area contributed by atoms with Crippen molar-refractivity contribution in [2.45, 2.75) is 11.8 Å². The van der Waals surface area contributed by atoms with E-state index in [0.29, 0.717) is 14.3 Å². The van der Waals surface area contributed by atoms with Crippen LogP contribution in [0.1, 0.15) is 5.56 Å². The van der Waals surface area contributed by atoms with Crippen LogP contribution in [0.3, 0.4) is 0 Å². The molecule has 100 valence electrons. The quantitative estimate of drug-likeness (QED) is 0.904. The van der Waals surface area contributed by atoms with E-state index in [2.05, 4.69) is 15.9 Å². The van der Waals surface area contributed by atoms with Crippen molar-refractivity contribution >= 4 is 31.9 Å². The molecule has 1 aromatic carbocycles. The first-order chi connectivity index (χ1) is 8.16. The van der Waals surface area contributed by atoms with Crippen LogP contribution < -0.4 is 0 Å². The van der Waals surface area contributed by atoms with E-state index in [1.165, 1.54) is 0 Å². The first kappa shape index (κ1) is 15.1. The van der Waals surface area contributed by atoms with Gasteiger partial charge in [-0.25, -0.2) is 12.8 Å². The molecule has 5 nitrogen and oxygen atoms in total. The van der Waals surface area contributed by atoms with Gasteiger partial charge in [0.1, 0.15) is 17.3 Å². The number of hydrogen-bond donors (Lipinski definition) is 1. The maximum Gasteiger partial charge on any atom is 0.318 e. The van der Waals surface area contributed by atoms with Crippen molar-refractivity contribution in [2.24, 2.45) is 0 Å². The Morgan fingerprint density at radius 1 is 1.50 bits per heavy atom. The molecular weight excluding hydrogens is 329 g/mol. The molecule has 18 heavy (non-hydrogen) atoms. The first-order valence-electron chi connectivity index (χ1n) is 4.80. The largest absolute Gasteiger partial charge is 0.480 e. The Morgan fingerprint density at radius 2 is 2.06 bits per heavy atom. The second-order valence-corrected chi connectivity index (χ2v) is 6.55. The first-order valence-corrected chi connectivity index (χ1v) is 7.03. The predicted octanol–water partition coefficient (Wildman–Crippen LogP) is 1.60. The molecule has 0 bridgehead atoms. The summed E-state index contributed by atoms with van der Waals surface area (Å²) in [6.07, 6.45) is 0. The van der Waals surface area contributed by atoms with Gasteiger partial charge in [-0.05, 0) is 24.6 Å². The second kappa shape index (κ2) is 5.33. The van der Waals surface area contributed by atoms with Crippen LogP contribution in [0.2, 0.25) is 0 Å². The van der Waals surface area contributed by atoms with E-state index in [4.69, 9.17) is 5.11 Å². The molecule has 0 unspecified atom stereocenters. The number of aliphatic carboxylic acids is 1. The highest BCUT2D eigenvalue weighted by Gasteiger charge is 2.26. The summed E-state index contributed by atoms with van der Waals surface area (Å²) in [5.41, 5.74) is 0.540. The number of hydrogen-bond acceptors (Lipinski definition) is 3. The molecule has 0 atom stereocenters. The maximum atomic E-state index is 13.6. The average molecular weight is 340 g/mol. The van der Waals surface area contributed by atoms with Crippen LogP contribution in [0.25, 0.3) is 0 Å². The molecule has 0 amide bonds. The Kier molecular flexibility index (Phi) is 4.46. The highest BCUT2D eigenvalue weighted by molar-refractivity contribution is 9.10. The highest BCUT2D eigenvalue weighted by atomic mass is 79.9. The van der Waals surface area contributed by atoms with Gasteiger partial charge in [-0.15, -0.1) is 0 Å². The van der Waals surface area contributed by atoms with E-state index in [1.807, 2.05) is 0 Å². The molecule has 0 saturated heterocycles. The van der Waals surface area contributed by atoms with Crippen LogP contribution in [0.4, 0.5) is 4.39 Å². The van der Waals surface area contributed by atoms with E-state index in [1.54, 1.807) is 6.92 Å². The topological polar surface area (TPSA) is 74.7 Å². The molecule has 0 radical (unpaired) electrons. The van der Waals surface area contributed by atoms with Crippen LogP contribution in [0.15, 0.2) is 21.5 Å². The lowest BCUT2D eigenvalue weighted by Gasteiger charge is -2.16. The standard InChI is InChI=1S/C10H11BrFNO4S/c1-6-3-9(8(12)4-7(6)11)18(16,17)13(2)5-10(14)15/h3-4H,5H2,1-2H3,(H,14,15). The number of aryl methyl sites for hydroxylation is 1. The van der Waals surface area contributed by atoms with Crippen LogP contribution in [0.5, 0.6) is 0 Å². The molecule has 1 N–H and O–H groups in total. The number of benzene rings is 1. The zero-order chi connectivity index (χ0) is 14.1. The lowest BCUT2D eigenvalue weighted by atomic mass is 10.2. The zero-order valence-corrected chi connectivity index (χ0v) is 12.0. The number of nitrogens with zero attached hydrogens (tertiary/aromatic N) is 1. The number of carboxylic acid groups (broad SMARTS) is 1. The summed E-state index contributed by atoms with van der Waals surface area (Å²) in [6.45, 7) is 0.886. The third-order valence-electron chi connectivity index (χ3n) is 2.26. The van der Waals surface area contributed by atoms with Gasteiger partial charge in [0.25, 0.3) is 0 Å². The SMILES string of the molecule is Cc1cc(S(=O)(=O)N(C)CC(=O)O)c(F)cc1Br. The van der Waals surface area contributed by atoms with Crippen molar-refractivity contribution in [3.05, 3.63) is 28.0 Å². The number of rotatable bonds is 4. The van der Waals surface area contributed by atoms with Crippen molar-refractivity contribution in [3.8, 4) is 0 Å². The van der Waals surface area contributed by atoms with Gasteiger partial charge in [0.05, 0.1) is 0 Å². The lowest BCUT2D eigenvalue weighted by molar-refractivity contribution is -0.137. The molecule has 8 heteroatoms.